The molecule has 0 spiro atoms. The fourth-order valence-electron chi connectivity index (χ4n) is 3.23. The summed E-state index contributed by atoms with van der Waals surface area (Å²) >= 11 is 0. The van der Waals surface area contributed by atoms with E-state index in [-0.39, 0.29) is 12.1 Å². The highest BCUT2D eigenvalue weighted by molar-refractivity contribution is 5.74. The number of urea groups is 1. The Bertz CT molecular complexity index is 293. The lowest BCUT2D eigenvalue weighted by Crippen LogP contribution is -2.48. The Balaban J connectivity index is 1.79. The SMILES string of the molecule is CC(C)C(C)NC(=O)NC[C@]12CCC[C@H]1NCC2. The average Bonchev–Trinajstić information content (AvgIpc) is 2.85. The van der Waals surface area contributed by atoms with E-state index >= 15 is 0 Å². The Morgan fingerprint density at radius 1 is 1.39 bits per heavy atom. The molecule has 2 fully saturated rings. The molecule has 1 saturated heterocycles. The number of hydrogen-bond donors (Lipinski definition) is 3. The molecule has 2 aliphatic rings. The number of hydrogen-bond acceptors (Lipinski definition) is 2. The number of fused-ring (bicyclic) bond motifs is 1. The van der Waals surface area contributed by atoms with Gasteiger partial charge in [-0.1, -0.05) is 20.3 Å². The van der Waals surface area contributed by atoms with E-state index in [9.17, 15) is 4.79 Å². The molecular formula is C14H27N3O. The molecule has 1 aliphatic carbocycles. The van der Waals surface area contributed by atoms with Crippen LogP contribution in [0.5, 0.6) is 0 Å². The monoisotopic (exact) mass is 253 g/mol. The molecule has 0 aromatic rings. The lowest BCUT2D eigenvalue weighted by Gasteiger charge is -2.29. The van der Waals surface area contributed by atoms with Gasteiger partial charge in [0.25, 0.3) is 0 Å². The van der Waals surface area contributed by atoms with Crippen LogP contribution in [0.25, 0.3) is 0 Å². The van der Waals surface area contributed by atoms with Gasteiger partial charge in [-0.25, -0.2) is 4.79 Å². The standard InChI is InChI=1S/C14H27N3O/c1-10(2)11(3)17-13(18)16-9-14-6-4-5-12(14)15-8-7-14/h10-12,15H,4-9H2,1-3H3,(H2,16,17,18)/t11?,12-,14-/m1/s1. The molecule has 0 aromatic heterocycles. The van der Waals surface area contributed by atoms with E-state index in [1.165, 1.54) is 25.7 Å². The summed E-state index contributed by atoms with van der Waals surface area (Å²) < 4.78 is 0. The lowest BCUT2D eigenvalue weighted by atomic mass is 9.82. The van der Waals surface area contributed by atoms with E-state index in [0.717, 1.165) is 13.1 Å². The Kier molecular flexibility index (Phi) is 4.15. The van der Waals surface area contributed by atoms with Crippen molar-refractivity contribution < 1.29 is 4.79 Å². The molecule has 104 valence electrons. The van der Waals surface area contributed by atoms with E-state index < -0.39 is 0 Å². The quantitative estimate of drug-likeness (QED) is 0.716. The van der Waals surface area contributed by atoms with Crippen molar-refractivity contribution in [2.75, 3.05) is 13.1 Å². The zero-order chi connectivity index (χ0) is 13.2. The van der Waals surface area contributed by atoms with Crippen LogP contribution in [0.15, 0.2) is 0 Å². The van der Waals surface area contributed by atoms with E-state index in [1.54, 1.807) is 0 Å². The molecule has 4 nitrogen and oxygen atoms in total. The van der Waals surface area contributed by atoms with Crippen molar-refractivity contribution in [3.8, 4) is 0 Å². The van der Waals surface area contributed by atoms with Gasteiger partial charge < -0.3 is 16.0 Å². The summed E-state index contributed by atoms with van der Waals surface area (Å²) in [6, 6.07) is 0.840. The van der Waals surface area contributed by atoms with E-state index in [2.05, 4.69) is 36.7 Å². The molecule has 2 amide bonds. The summed E-state index contributed by atoms with van der Waals surface area (Å²) in [5.41, 5.74) is 0.332. The minimum Gasteiger partial charge on any atom is -0.338 e. The molecule has 3 N–H and O–H groups in total. The maximum atomic E-state index is 11.9. The van der Waals surface area contributed by atoms with Crippen molar-refractivity contribution in [1.82, 2.24) is 16.0 Å². The molecule has 0 bridgehead atoms. The summed E-state index contributed by atoms with van der Waals surface area (Å²) in [6.07, 6.45) is 5.03. The van der Waals surface area contributed by atoms with Crippen LogP contribution in [0.3, 0.4) is 0 Å². The molecule has 2 rings (SSSR count). The van der Waals surface area contributed by atoms with Crippen molar-refractivity contribution in [3.05, 3.63) is 0 Å². The largest absolute Gasteiger partial charge is 0.338 e. The number of amides is 2. The molecule has 1 saturated carbocycles. The van der Waals surface area contributed by atoms with E-state index in [1.807, 2.05) is 0 Å². The van der Waals surface area contributed by atoms with Gasteiger partial charge in [-0.05, 0) is 38.6 Å². The van der Waals surface area contributed by atoms with Crippen molar-refractivity contribution in [3.63, 3.8) is 0 Å². The molecule has 4 heteroatoms. The van der Waals surface area contributed by atoms with E-state index in [0.29, 0.717) is 17.4 Å². The third-order valence-electron chi connectivity index (χ3n) is 4.88. The summed E-state index contributed by atoms with van der Waals surface area (Å²) in [5.74, 6) is 0.473. The van der Waals surface area contributed by atoms with E-state index in [4.69, 9.17) is 0 Å². The smallest absolute Gasteiger partial charge is 0.315 e. The van der Waals surface area contributed by atoms with Crippen LogP contribution in [0.2, 0.25) is 0 Å². The van der Waals surface area contributed by atoms with Crippen LogP contribution in [-0.4, -0.2) is 31.2 Å². The van der Waals surface area contributed by atoms with Gasteiger partial charge in [-0.15, -0.1) is 0 Å². The highest BCUT2D eigenvalue weighted by Gasteiger charge is 2.45. The molecule has 0 aromatic carbocycles. The van der Waals surface area contributed by atoms with Crippen LogP contribution in [0, 0.1) is 11.3 Å². The van der Waals surface area contributed by atoms with Crippen LogP contribution >= 0.6 is 0 Å². The van der Waals surface area contributed by atoms with Crippen molar-refractivity contribution in [1.29, 1.82) is 0 Å². The summed E-state index contributed by atoms with van der Waals surface area (Å²) in [4.78, 5) is 11.9. The van der Waals surface area contributed by atoms with Gasteiger partial charge in [-0.2, -0.15) is 0 Å². The third-order valence-corrected chi connectivity index (χ3v) is 4.88. The van der Waals surface area contributed by atoms with Crippen molar-refractivity contribution in [2.24, 2.45) is 11.3 Å². The fraction of sp³-hybridized carbons (Fsp3) is 0.929. The Labute approximate surface area is 110 Å². The molecule has 1 unspecified atom stereocenters. The van der Waals surface area contributed by atoms with Gasteiger partial charge in [0.15, 0.2) is 0 Å². The van der Waals surface area contributed by atoms with Gasteiger partial charge in [0.1, 0.15) is 0 Å². The molecule has 18 heavy (non-hydrogen) atoms. The minimum atomic E-state index is -0.0110. The lowest BCUT2D eigenvalue weighted by molar-refractivity contribution is 0.220. The number of carbonyl (C=O) groups is 1. The first kappa shape index (κ1) is 13.7. The Morgan fingerprint density at radius 2 is 2.17 bits per heavy atom. The molecular weight excluding hydrogens is 226 g/mol. The summed E-state index contributed by atoms with van der Waals surface area (Å²) in [6.45, 7) is 8.23. The van der Waals surface area contributed by atoms with Crippen molar-refractivity contribution in [2.45, 2.75) is 58.5 Å². The van der Waals surface area contributed by atoms with Crippen LogP contribution in [0.4, 0.5) is 4.79 Å². The van der Waals surface area contributed by atoms with Crippen molar-refractivity contribution >= 4 is 6.03 Å². The highest BCUT2D eigenvalue weighted by atomic mass is 16.2. The average molecular weight is 253 g/mol. The molecule has 3 atom stereocenters. The number of rotatable bonds is 4. The van der Waals surface area contributed by atoms with Gasteiger partial charge >= 0.3 is 6.03 Å². The fourth-order valence-corrected chi connectivity index (χ4v) is 3.23. The van der Waals surface area contributed by atoms with Gasteiger partial charge in [-0.3, -0.25) is 0 Å². The first-order valence-corrected chi connectivity index (χ1v) is 7.31. The third kappa shape index (κ3) is 2.79. The van der Waals surface area contributed by atoms with Crippen LogP contribution < -0.4 is 16.0 Å². The predicted molar refractivity (Wildman–Crippen MR) is 73.5 cm³/mol. The second-order valence-electron chi connectivity index (χ2n) is 6.37. The minimum absolute atomic E-state index is 0.0110. The first-order valence-electron chi connectivity index (χ1n) is 7.31. The maximum Gasteiger partial charge on any atom is 0.315 e. The zero-order valence-electron chi connectivity index (χ0n) is 11.9. The van der Waals surface area contributed by atoms with Gasteiger partial charge in [0.05, 0.1) is 0 Å². The summed E-state index contributed by atoms with van der Waals surface area (Å²) in [7, 11) is 0. The normalized spacial score (nSPS) is 32.3. The Hall–Kier alpha value is -0.770. The van der Waals surface area contributed by atoms with Crippen LogP contribution in [-0.2, 0) is 0 Å². The second kappa shape index (κ2) is 5.47. The molecule has 0 radical (unpaired) electrons. The number of nitrogens with one attached hydrogen (secondary N) is 3. The van der Waals surface area contributed by atoms with Gasteiger partial charge in [0, 0.05) is 24.0 Å². The van der Waals surface area contributed by atoms with Gasteiger partial charge in [0.2, 0.25) is 0 Å². The zero-order valence-corrected chi connectivity index (χ0v) is 11.9. The second-order valence-corrected chi connectivity index (χ2v) is 6.37. The summed E-state index contributed by atoms with van der Waals surface area (Å²) in [5, 5.41) is 9.66. The number of carbonyl (C=O) groups excluding carboxylic acids is 1. The first-order chi connectivity index (χ1) is 8.53. The van der Waals surface area contributed by atoms with Crippen LogP contribution in [0.1, 0.15) is 46.5 Å². The molecule has 1 aliphatic heterocycles. The maximum absolute atomic E-state index is 11.9. The molecule has 1 heterocycles. The highest BCUT2D eigenvalue weighted by Crippen LogP contribution is 2.43. The predicted octanol–water partition coefficient (Wildman–Crippen LogP) is 1.86. The Morgan fingerprint density at radius 3 is 2.89 bits per heavy atom. The topological polar surface area (TPSA) is 53.2 Å².